The van der Waals surface area contributed by atoms with E-state index in [2.05, 4.69) is 0 Å². The number of aromatic nitrogens is 2. The largest absolute Gasteiger partial charge is 0.497 e. The van der Waals surface area contributed by atoms with Gasteiger partial charge in [0.25, 0.3) is 5.56 Å². The lowest BCUT2D eigenvalue weighted by Gasteiger charge is -2.14. The molecule has 0 unspecified atom stereocenters. The average molecular weight is 466 g/mol. The molecule has 3 rings (SSSR count). The van der Waals surface area contributed by atoms with E-state index in [1.165, 1.54) is 16.2 Å². The fourth-order valence-electron chi connectivity index (χ4n) is 3.66. The molecule has 7 nitrogen and oxygen atoms in total. The van der Waals surface area contributed by atoms with Crippen LogP contribution >= 0.6 is 0 Å². The third-order valence-corrected chi connectivity index (χ3v) is 5.22. The normalized spacial score (nSPS) is 11.6. The molecule has 0 amide bonds. The van der Waals surface area contributed by atoms with Crippen molar-refractivity contribution in [2.24, 2.45) is 7.05 Å². The van der Waals surface area contributed by atoms with Crippen LogP contribution in [0.1, 0.15) is 35.6 Å². The van der Waals surface area contributed by atoms with Gasteiger partial charge in [-0.3, -0.25) is 4.79 Å². The highest BCUT2D eigenvalue weighted by molar-refractivity contribution is 6.01. The predicted octanol–water partition coefficient (Wildman–Crippen LogP) is 4.08. The van der Waals surface area contributed by atoms with Crippen LogP contribution in [0.5, 0.6) is 11.5 Å². The third kappa shape index (κ3) is 4.99. The van der Waals surface area contributed by atoms with Gasteiger partial charge in [0.1, 0.15) is 11.1 Å². The molecule has 0 fully saturated rings. The van der Waals surface area contributed by atoms with Crippen LogP contribution in [0.2, 0.25) is 0 Å². The fourth-order valence-corrected chi connectivity index (χ4v) is 3.66. The molecular formula is C23H25F3N2O5. The van der Waals surface area contributed by atoms with Crippen LogP contribution in [0, 0.1) is 0 Å². The van der Waals surface area contributed by atoms with Gasteiger partial charge in [-0.25, -0.2) is 4.79 Å². The van der Waals surface area contributed by atoms with Crippen molar-refractivity contribution in [1.82, 2.24) is 9.13 Å². The minimum absolute atomic E-state index is 0.0149. The van der Waals surface area contributed by atoms with Gasteiger partial charge < -0.3 is 23.3 Å². The van der Waals surface area contributed by atoms with Crippen molar-refractivity contribution >= 4 is 16.9 Å². The minimum Gasteiger partial charge on any atom is -0.497 e. The summed E-state index contributed by atoms with van der Waals surface area (Å²) >= 11 is 0. The van der Waals surface area contributed by atoms with Crippen molar-refractivity contribution in [2.45, 2.75) is 33.0 Å². The Morgan fingerprint density at radius 2 is 1.79 bits per heavy atom. The Balaban J connectivity index is 2.23. The summed E-state index contributed by atoms with van der Waals surface area (Å²) in [5.74, 6) is -0.644. The van der Waals surface area contributed by atoms with Crippen molar-refractivity contribution in [3.8, 4) is 11.5 Å². The second kappa shape index (κ2) is 9.60. The van der Waals surface area contributed by atoms with Gasteiger partial charge in [-0.1, -0.05) is 19.1 Å². The Labute approximate surface area is 188 Å². The molecule has 0 aliphatic heterocycles. The number of nitrogens with zero attached hydrogens (tertiary/aromatic N) is 2. The first-order valence-corrected chi connectivity index (χ1v) is 10.4. The number of aryl methyl sites for hydroxylation is 2. The van der Waals surface area contributed by atoms with Crippen LogP contribution in [0.3, 0.4) is 0 Å². The van der Waals surface area contributed by atoms with Crippen molar-refractivity contribution in [3.63, 3.8) is 0 Å². The summed E-state index contributed by atoms with van der Waals surface area (Å²) < 4.78 is 56.8. The number of hydrogen-bond donors (Lipinski definition) is 0. The molecule has 3 aromatic rings. The molecule has 2 aromatic heterocycles. The Hall–Kier alpha value is -3.43. The summed E-state index contributed by atoms with van der Waals surface area (Å²) in [7, 11) is 3.03. The number of halogens is 3. The Morgan fingerprint density at radius 3 is 2.33 bits per heavy atom. The molecule has 10 heteroatoms. The topological polar surface area (TPSA) is 71.7 Å². The summed E-state index contributed by atoms with van der Waals surface area (Å²) in [4.78, 5) is 26.1. The maximum atomic E-state index is 13.5. The monoisotopic (exact) mass is 466 g/mol. The number of rotatable bonds is 8. The molecule has 0 radical (unpaired) electrons. The smallest absolute Gasteiger partial charge is 0.422 e. The zero-order valence-corrected chi connectivity index (χ0v) is 18.8. The number of methoxy groups -OCH3 is 1. The zero-order valence-electron chi connectivity index (χ0n) is 18.8. The maximum absolute atomic E-state index is 13.5. The first-order chi connectivity index (χ1) is 15.6. The lowest BCUT2D eigenvalue weighted by atomic mass is 10.1. The number of carbonyl (C=O) groups excluding carboxylic acids is 1. The molecule has 33 heavy (non-hydrogen) atoms. The molecule has 0 atom stereocenters. The molecule has 0 aliphatic rings. The number of hydrogen-bond acceptors (Lipinski definition) is 5. The fraction of sp³-hybridized carbons (Fsp3) is 0.391. The van der Waals surface area contributed by atoms with E-state index in [0.29, 0.717) is 23.4 Å². The SMILES string of the molecule is CCOC(=O)c1c(OCC(F)(F)F)c2c(=O)n(Cc3ccc(OC)cc3)c(CC)cc2n1C. The second-order valence-corrected chi connectivity index (χ2v) is 7.35. The van der Waals surface area contributed by atoms with Crippen molar-refractivity contribution in [3.05, 3.63) is 57.6 Å². The number of fused-ring (bicyclic) bond motifs is 1. The Kier molecular flexibility index (Phi) is 7.04. The van der Waals surface area contributed by atoms with Crippen LogP contribution in [0.4, 0.5) is 13.2 Å². The van der Waals surface area contributed by atoms with Gasteiger partial charge in [0.05, 0.1) is 25.8 Å². The third-order valence-electron chi connectivity index (χ3n) is 5.22. The highest BCUT2D eigenvalue weighted by Crippen LogP contribution is 2.33. The first kappa shape index (κ1) is 24.2. The van der Waals surface area contributed by atoms with E-state index in [9.17, 15) is 22.8 Å². The molecule has 1 aromatic carbocycles. The number of carbonyl (C=O) groups is 1. The van der Waals surface area contributed by atoms with Gasteiger partial charge in [-0.2, -0.15) is 13.2 Å². The highest BCUT2D eigenvalue weighted by Gasteiger charge is 2.33. The highest BCUT2D eigenvalue weighted by atomic mass is 19.4. The van der Waals surface area contributed by atoms with Crippen molar-refractivity contribution < 1.29 is 32.2 Å². The molecule has 0 aliphatic carbocycles. The summed E-state index contributed by atoms with van der Waals surface area (Å²) in [6.07, 6.45) is -4.17. The molecule has 0 bridgehead atoms. The Bertz CT molecular complexity index is 1210. The van der Waals surface area contributed by atoms with Crippen LogP contribution < -0.4 is 15.0 Å². The van der Waals surface area contributed by atoms with Crippen molar-refractivity contribution in [2.75, 3.05) is 20.3 Å². The molecule has 0 saturated carbocycles. The average Bonchev–Trinajstić information content (AvgIpc) is 3.06. The zero-order chi connectivity index (χ0) is 24.3. The standard InChI is InChI=1S/C23H25F3N2O5/c1-5-15-11-17-18(21(29)28(15)12-14-7-9-16(31-4)10-8-14)20(33-13-23(24,25)26)19(27(17)3)22(30)32-6-2/h7-11H,5-6,12-13H2,1-4H3. The van der Waals surface area contributed by atoms with Crippen molar-refractivity contribution in [1.29, 1.82) is 0 Å². The maximum Gasteiger partial charge on any atom is 0.422 e. The molecular weight excluding hydrogens is 441 g/mol. The van der Waals surface area contributed by atoms with E-state index in [-0.39, 0.29) is 24.2 Å². The number of esters is 1. The number of pyridine rings is 1. The van der Waals surface area contributed by atoms with Gasteiger partial charge in [-0.05, 0) is 37.1 Å². The van der Waals surface area contributed by atoms with Gasteiger partial charge in [0, 0.05) is 12.7 Å². The number of alkyl halides is 3. The molecule has 0 saturated heterocycles. The minimum atomic E-state index is -4.65. The van der Waals surface area contributed by atoms with Gasteiger partial charge in [0.2, 0.25) is 0 Å². The summed E-state index contributed by atoms with van der Waals surface area (Å²) in [6.45, 7) is 1.99. The van der Waals surface area contributed by atoms with E-state index >= 15 is 0 Å². The second-order valence-electron chi connectivity index (χ2n) is 7.35. The summed E-state index contributed by atoms with van der Waals surface area (Å²) in [6, 6.07) is 8.78. The van der Waals surface area contributed by atoms with Crippen LogP contribution in [0.25, 0.3) is 10.9 Å². The predicted molar refractivity (Wildman–Crippen MR) is 116 cm³/mol. The lowest BCUT2D eigenvalue weighted by Crippen LogP contribution is -2.25. The van der Waals surface area contributed by atoms with Gasteiger partial charge in [-0.15, -0.1) is 0 Å². The van der Waals surface area contributed by atoms with Crippen LogP contribution in [-0.2, 0) is 24.8 Å². The molecule has 2 heterocycles. The van der Waals surface area contributed by atoms with Gasteiger partial charge in [0.15, 0.2) is 18.1 Å². The Morgan fingerprint density at radius 1 is 1.12 bits per heavy atom. The van der Waals surface area contributed by atoms with E-state index < -0.39 is 30.1 Å². The van der Waals surface area contributed by atoms with E-state index in [4.69, 9.17) is 14.2 Å². The number of benzene rings is 1. The van der Waals surface area contributed by atoms with E-state index in [1.54, 1.807) is 44.4 Å². The summed E-state index contributed by atoms with van der Waals surface area (Å²) in [5.41, 5.74) is 0.956. The van der Waals surface area contributed by atoms with E-state index in [1.807, 2.05) is 6.92 Å². The molecule has 0 N–H and O–H groups in total. The van der Waals surface area contributed by atoms with E-state index in [0.717, 1.165) is 5.56 Å². The summed E-state index contributed by atoms with van der Waals surface area (Å²) in [5, 5.41) is -0.101. The number of ether oxygens (including phenoxy) is 3. The quantitative estimate of drug-likeness (QED) is 0.468. The van der Waals surface area contributed by atoms with Gasteiger partial charge >= 0.3 is 12.1 Å². The first-order valence-electron chi connectivity index (χ1n) is 10.4. The van der Waals surface area contributed by atoms with Crippen LogP contribution in [-0.4, -0.2) is 41.6 Å². The molecule has 178 valence electrons. The molecule has 0 spiro atoms. The van der Waals surface area contributed by atoms with Crippen LogP contribution in [0.15, 0.2) is 35.1 Å². The lowest BCUT2D eigenvalue weighted by molar-refractivity contribution is -0.153.